The molecule has 0 aromatic heterocycles. The fraction of sp³-hybridized carbons (Fsp3) is 0.806. The van der Waals surface area contributed by atoms with E-state index < -0.39 is 41.3 Å². The number of ether oxygens (including phenoxy) is 2. The van der Waals surface area contributed by atoms with E-state index in [1.54, 1.807) is 37.6 Å². The summed E-state index contributed by atoms with van der Waals surface area (Å²) in [7, 11) is 1.77. The van der Waals surface area contributed by atoms with Gasteiger partial charge in [-0.25, -0.2) is 35.2 Å². The molecule has 19 nitrogen and oxygen atoms in total. The first kappa shape index (κ1) is 37.2. The predicted octanol–water partition coefficient (Wildman–Crippen LogP) is 0.863. The zero-order valence-corrected chi connectivity index (χ0v) is 29.7. The number of hydrogen-bond acceptors (Lipinski definition) is 11. The van der Waals surface area contributed by atoms with Crippen LogP contribution in [0.15, 0.2) is 0 Å². The molecule has 280 valence electrons. The van der Waals surface area contributed by atoms with Gasteiger partial charge in [-0.15, -0.1) is 0 Å². The van der Waals surface area contributed by atoms with Crippen LogP contribution in [0, 0.1) is 0 Å². The molecular weight excluding hydrogens is 660 g/mol. The Labute approximate surface area is 290 Å². The van der Waals surface area contributed by atoms with E-state index in [-0.39, 0.29) is 42.3 Å². The number of likely N-dealkylation sites (N-methyl/N-ethyl adjacent to an activating group) is 1. The van der Waals surface area contributed by atoms with Crippen molar-refractivity contribution in [2.75, 3.05) is 46.3 Å². The number of nitrogens with zero attached hydrogens (tertiary/aromatic N) is 6. The normalized spacial score (nSPS) is 26.6. The lowest BCUT2D eigenvalue weighted by atomic mass is 10.0. The van der Waals surface area contributed by atoms with Crippen LogP contribution in [0.5, 0.6) is 0 Å². The topological polar surface area (TPSA) is 203 Å². The van der Waals surface area contributed by atoms with Gasteiger partial charge in [-0.1, -0.05) is 0 Å². The second-order valence-electron chi connectivity index (χ2n) is 15.5. The molecule has 3 N–H and O–H groups in total. The highest BCUT2D eigenvalue weighted by Crippen LogP contribution is 2.30. The quantitative estimate of drug-likeness (QED) is 0.261. The lowest BCUT2D eigenvalue weighted by Gasteiger charge is -2.39. The van der Waals surface area contributed by atoms with Gasteiger partial charge in [0.15, 0.2) is 0 Å². The summed E-state index contributed by atoms with van der Waals surface area (Å²) in [5, 5.41) is 10.3. The van der Waals surface area contributed by atoms with Crippen molar-refractivity contribution in [2.24, 2.45) is 0 Å². The molecule has 6 saturated heterocycles. The molecule has 6 aliphatic heterocycles. The van der Waals surface area contributed by atoms with E-state index in [1.165, 1.54) is 14.7 Å². The molecule has 6 aliphatic rings. The zero-order valence-electron chi connectivity index (χ0n) is 29.7. The molecule has 0 radical (unpaired) electrons. The number of likely N-dealkylation sites (tertiary alicyclic amines) is 2. The number of fused-ring (bicyclic) bond motifs is 4. The highest BCUT2D eigenvalue weighted by atomic mass is 16.7. The van der Waals surface area contributed by atoms with Crippen LogP contribution in [0.25, 0.3) is 0 Å². The molecule has 6 fully saturated rings. The Morgan fingerprint density at radius 2 is 1.04 bits per heavy atom. The first-order valence-corrected chi connectivity index (χ1v) is 17.0. The van der Waals surface area contributed by atoms with Gasteiger partial charge in [0.2, 0.25) is 0 Å². The molecule has 0 aromatic rings. The predicted molar refractivity (Wildman–Crippen MR) is 171 cm³/mol. The van der Waals surface area contributed by atoms with Gasteiger partial charge in [-0.2, -0.15) is 0 Å². The molecule has 4 atom stereocenters. The molecule has 6 heterocycles. The first-order valence-electron chi connectivity index (χ1n) is 17.0. The Hall–Kier alpha value is -4.10. The van der Waals surface area contributed by atoms with E-state index in [9.17, 15) is 34.0 Å². The van der Waals surface area contributed by atoms with Crippen LogP contribution < -0.4 is 11.0 Å². The highest BCUT2D eigenvalue weighted by Gasteiger charge is 2.48. The maximum atomic E-state index is 12.3. The first-order chi connectivity index (χ1) is 23.3. The average molecular weight is 711 g/mol. The molecule has 0 aliphatic carbocycles. The van der Waals surface area contributed by atoms with Crippen LogP contribution >= 0.6 is 0 Å². The van der Waals surface area contributed by atoms with E-state index in [0.29, 0.717) is 63.6 Å². The van der Waals surface area contributed by atoms with Crippen LogP contribution in [-0.4, -0.2) is 165 Å². The molecule has 50 heavy (non-hydrogen) atoms. The number of nitrogens with one attached hydrogen (secondary N) is 2. The number of piperidine rings is 2. The number of carbonyl (C=O) groups is 6. The minimum Gasteiger partial charge on any atom is -0.444 e. The van der Waals surface area contributed by atoms with Crippen LogP contribution in [0.3, 0.4) is 0 Å². The third kappa shape index (κ3) is 8.43. The van der Waals surface area contributed by atoms with Crippen molar-refractivity contribution in [3.63, 3.8) is 0 Å². The third-order valence-electron chi connectivity index (χ3n) is 9.25. The minimum absolute atomic E-state index is 0.109. The average Bonchev–Trinajstić information content (AvgIpc) is 3.32. The summed E-state index contributed by atoms with van der Waals surface area (Å²) < 4.78 is 10.5. The molecule has 0 spiro atoms. The Morgan fingerprint density at radius 1 is 0.640 bits per heavy atom. The van der Waals surface area contributed by atoms with Gasteiger partial charge in [-0.05, 0) is 67.2 Å². The van der Waals surface area contributed by atoms with Crippen molar-refractivity contribution in [1.82, 2.24) is 40.5 Å². The SMILES string of the molecule is CC(C)(C)OC(=O)N1CC(ONC(=O)[C@@H]2CC[C@@H]3CN2C(=O)N3O)C1.CN1C(=O)N2C[C@H]1CC[C@H]2C(=O)NOC1CN(C(=O)OC(C)(C)C)C1. The van der Waals surface area contributed by atoms with Crippen LogP contribution in [0.1, 0.15) is 67.2 Å². The number of rotatable bonds is 6. The van der Waals surface area contributed by atoms with Gasteiger partial charge in [0.25, 0.3) is 11.8 Å². The van der Waals surface area contributed by atoms with Crippen molar-refractivity contribution < 1.29 is 53.1 Å². The number of carbonyl (C=O) groups excluding carboxylic acids is 6. The molecular formula is C31H50N8O11. The third-order valence-corrected chi connectivity index (χ3v) is 9.25. The summed E-state index contributed by atoms with van der Waals surface area (Å²) in [4.78, 5) is 90.5. The van der Waals surface area contributed by atoms with E-state index in [2.05, 4.69) is 11.0 Å². The second kappa shape index (κ2) is 14.3. The maximum Gasteiger partial charge on any atom is 0.410 e. The monoisotopic (exact) mass is 710 g/mol. The summed E-state index contributed by atoms with van der Waals surface area (Å²) in [6.07, 6.45) is 1.10. The molecule has 6 rings (SSSR count). The van der Waals surface area contributed by atoms with Crippen LogP contribution in [-0.2, 0) is 28.7 Å². The van der Waals surface area contributed by atoms with Crippen molar-refractivity contribution in [3.05, 3.63) is 0 Å². The summed E-state index contributed by atoms with van der Waals surface area (Å²) in [5.41, 5.74) is 3.73. The fourth-order valence-electron chi connectivity index (χ4n) is 6.43. The van der Waals surface area contributed by atoms with E-state index in [4.69, 9.17) is 19.1 Å². The van der Waals surface area contributed by atoms with Gasteiger partial charge in [0, 0.05) is 20.1 Å². The molecule has 0 saturated carbocycles. The Morgan fingerprint density at radius 3 is 1.48 bits per heavy atom. The zero-order chi connectivity index (χ0) is 36.7. The summed E-state index contributed by atoms with van der Waals surface area (Å²) >= 11 is 0. The standard InChI is InChI=1S/C16H26N4O5.C15H24N4O6/c1-16(2,3)24-15(23)19-8-11(9-19)25-17-13(21)12-6-5-10-7-20(12)14(22)18(10)4;1-15(2,3)24-14(22)17-7-10(8-17)25-16-12(20)11-5-4-9-6-18(11)13(21)19(9)23/h10-12H,5-9H2,1-4H3,(H,17,21);9-11,23H,4-8H2,1-3H3,(H,16,20)/t10-,12+;9-,11+/m11/s1. The van der Waals surface area contributed by atoms with E-state index in [1.807, 2.05) is 20.8 Å². The summed E-state index contributed by atoms with van der Waals surface area (Å²) in [6.45, 7) is 13.1. The van der Waals surface area contributed by atoms with Crippen molar-refractivity contribution >= 4 is 36.1 Å². The van der Waals surface area contributed by atoms with Crippen molar-refractivity contribution in [2.45, 2.75) is 115 Å². The highest BCUT2D eigenvalue weighted by molar-refractivity contribution is 5.89. The molecule has 8 amide bonds. The number of amides is 8. The smallest absolute Gasteiger partial charge is 0.410 e. The fourth-order valence-corrected chi connectivity index (χ4v) is 6.43. The van der Waals surface area contributed by atoms with Gasteiger partial charge >= 0.3 is 24.2 Å². The van der Waals surface area contributed by atoms with Gasteiger partial charge < -0.3 is 34.0 Å². The maximum absolute atomic E-state index is 12.3. The van der Waals surface area contributed by atoms with Crippen molar-refractivity contribution in [1.29, 1.82) is 0 Å². The molecule has 0 unspecified atom stereocenters. The number of hydroxylamine groups is 4. The molecule has 4 bridgehead atoms. The summed E-state index contributed by atoms with van der Waals surface area (Å²) in [6, 6.07) is -1.85. The van der Waals surface area contributed by atoms with Crippen molar-refractivity contribution in [3.8, 4) is 0 Å². The largest absolute Gasteiger partial charge is 0.444 e. The van der Waals surface area contributed by atoms with Crippen LogP contribution in [0.2, 0.25) is 0 Å². The molecule has 0 aromatic carbocycles. The van der Waals surface area contributed by atoms with Gasteiger partial charge in [0.1, 0.15) is 35.5 Å². The second-order valence-corrected chi connectivity index (χ2v) is 15.5. The van der Waals surface area contributed by atoms with Gasteiger partial charge in [-0.3, -0.25) is 24.5 Å². The van der Waals surface area contributed by atoms with E-state index >= 15 is 0 Å². The Bertz CT molecular complexity index is 1240. The summed E-state index contributed by atoms with van der Waals surface area (Å²) in [5.74, 6) is -0.726. The Balaban J connectivity index is 0.000000194. The number of urea groups is 2. The molecule has 19 heteroatoms. The van der Waals surface area contributed by atoms with Crippen LogP contribution in [0.4, 0.5) is 19.2 Å². The van der Waals surface area contributed by atoms with Gasteiger partial charge in [0.05, 0.1) is 38.3 Å². The Kier molecular flexibility index (Phi) is 10.6. The number of hydrogen-bond donors (Lipinski definition) is 3. The lowest BCUT2D eigenvalue weighted by Crippen LogP contribution is -2.58. The van der Waals surface area contributed by atoms with E-state index in [0.717, 1.165) is 6.42 Å². The lowest BCUT2D eigenvalue weighted by molar-refractivity contribution is -0.153. The minimum atomic E-state index is -0.650.